The van der Waals surface area contributed by atoms with Crippen LogP contribution in [0.15, 0.2) is 126 Å². The number of para-hydroxylation sites is 1. The van der Waals surface area contributed by atoms with Gasteiger partial charge in [-0.05, 0) is 17.9 Å². The van der Waals surface area contributed by atoms with Gasteiger partial charge in [0.1, 0.15) is 5.58 Å². The topological polar surface area (TPSA) is 20.9 Å². The molecule has 1 aliphatic rings. The summed E-state index contributed by atoms with van der Waals surface area (Å²) in [6, 6.07) is 38.2. The van der Waals surface area contributed by atoms with Crippen molar-refractivity contribution in [3.8, 4) is 33.6 Å². The third-order valence-corrected chi connectivity index (χ3v) is 14.6. The smallest absolute Gasteiger partial charge is 0 e. The number of benzene rings is 4. The van der Waals surface area contributed by atoms with Gasteiger partial charge < -0.3 is 8.98 Å². The number of hydrogen-bond acceptors (Lipinski definition) is 1. The van der Waals surface area contributed by atoms with E-state index in [0.29, 0.717) is 0 Å². The van der Waals surface area contributed by atoms with Gasteiger partial charge in [0.15, 0.2) is 0 Å². The minimum absolute atomic E-state index is 0. The van der Waals surface area contributed by atoms with E-state index in [1.807, 2.05) is 33.4 Å². The van der Waals surface area contributed by atoms with Gasteiger partial charge in [0.2, 0.25) is 0 Å². The standard InChI is InChI=1S/C31H28NO.C16H20GeN.Ir/c1-21-15-16-27-26-14-8-13-25(24-11-4-3-5-12-24)30(26)33-31(27)29(21)28-20-23(17-18-32(28)2)19-22-9-6-7-10-22;1-13-8-6-7-9-15(13)16-11-10-14(12-18(16)5)17(2,3)4;/h3-5,8,11-18,20,22H,1-2,6-7,9-10,19H2;6-12H,1,5H2,2-4H3;/q2*-1;. The zero-order valence-electron chi connectivity index (χ0n) is 30.6. The van der Waals surface area contributed by atoms with Gasteiger partial charge in [-0.25, -0.2) is 0 Å². The van der Waals surface area contributed by atoms with Gasteiger partial charge in [0, 0.05) is 43.5 Å². The molecule has 4 aromatic carbocycles. The first-order valence-corrected chi connectivity index (χ1v) is 25.4. The number of nitrogens with zero attached hydrogens (tertiary/aromatic N) is 2. The monoisotopic (exact) mass is 923 g/mol. The van der Waals surface area contributed by atoms with Crippen LogP contribution in [0, 0.1) is 33.9 Å². The molecule has 3 nitrogen and oxygen atoms in total. The van der Waals surface area contributed by atoms with Crippen molar-refractivity contribution >= 4 is 39.6 Å². The van der Waals surface area contributed by atoms with E-state index in [1.54, 1.807) is 0 Å². The molecule has 0 N–H and O–H groups in total. The second kappa shape index (κ2) is 15.7. The third-order valence-electron chi connectivity index (χ3n) is 10.4. The molecule has 8 rings (SSSR count). The van der Waals surface area contributed by atoms with Crippen LogP contribution < -0.4 is 13.5 Å². The van der Waals surface area contributed by atoms with E-state index in [-0.39, 0.29) is 20.1 Å². The molecule has 52 heavy (non-hydrogen) atoms. The largest absolute Gasteiger partial charge is 0 e. The number of pyridine rings is 2. The number of furan rings is 1. The predicted molar refractivity (Wildman–Crippen MR) is 216 cm³/mol. The average Bonchev–Trinajstić information content (AvgIpc) is 3.78. The van der Waals surface area contributed by atoms with Crippen molar-refractivity contribution in [2.24, 2.45) is 5.92 Å². The van der Waals surface area contributed by atoms with Crippen LogP contribution in [0.5, 0.6) is 0 Å². The van der Waals surface area contributed by atoms with Crippen molar-refractivity contribution in [1.29, 1.82) is 0 Å². The predicted octanol–water partition coefficient (Wildman–Crippen LogP) is 10.8. The van der Waals surface area contributed by atoms with Crippen LogP contribution in [-0.4, -0.2) is 13.3 Å². The van der Waals surface area contributed by atoms with Crippen LogP contribution in [0.1, 0.15) is 42.4 Å². The second-order valence-corrected chi connectivity index (χ2v) is 25.7. The van der Waals surface area contributed by atoms with Gasteiger partial charge in [-0.15, -0.1) is 6.07 Å². The van der Waals surface area contributed by atoms with E-state index in [4.69, 9.17) is 4.42 Å². The van der Waals surface area contributed by atoms with Crippen LogP contribution in [0.3, 0.4) is 0 Å². The van der Waals surface area contributed by atoms with Crippen LogP contribution in [-0.2, 0) is 26.5 Å². The molecule has 1 aliphatic carbocycles. The summed E-state index contributed by atoms with van der Waals surface area (Å²) in [4.78, 5) is 0. The van der Waals surface area contributed by atoms with Gasteiger partial charge >= 0.3 is 113 Å². The van der Waals surface area contributed by atoms with E-state index < -0.39 is 13.3 Å². The summed E-state index contributed by atoms with van der Waals surface area (Å²) in [5, 5.41) is 2.25. The Labute approximate surface area is 326 Å². The second-order valence-electron chi connectivity index (χ2n) is 15.1. The Kier molecular flexibility index (Phi) is 11.3. The van der Waals surface area contributed by atoms with Crippen molar-refractivity contribution < 1.29 is 33.7 Å². The molecule has 0 aliphatic heterocycles. The summed E-state index contributed by atoms with van der Waals surface area (Å²) in [6.45, 7) is 8.45. The van der Waals surface area contributed by atoms with Crippen molar-refractivity contribution in [3.05, 3.63) is 166 Å². The maximum absolute atomic E-state index is 6.65. The quantitative estimate of drug-likeness (QED) is 0.0925. The first kappa shape index (κ1) is 37.4. The Bertz CT molecular complexity index is 2330. The molecule has 1 fully saturated rings. The Morgan fingerprint density at radius 3 is 2.08 bits per heavy atom. The number of aromatic nitrogens is 2. The molecule has 0 saturated heterocycles. The van der Waals surface area contributed by atoms with Crippen LogP contribution in [0.2, 0.25) is 17.3 Å². The van der Waals surface area contributed by atoms with Gasteiger partial charge in [0.25, 0.3) is 0 Å². The summed E-state index contributed by atoms with van der Waals surface area (Å²) in [5.74, 6) is 7.98. The normalized spacial score (nSPS) is 13.1. The molecule has 3 aromatic heterocycles. The van der Waals surface area contributed by atoms with Crippen molar-refractivity contribution in [3.63, 3.8) is 0 Å². The summed E-state index contributed by atoms with van der Waals surface area (Å²) < 4.78 is 12.1. The summed E-state index contributed by atoms with van der Waals surface area (Å²) in [5.41, 5.74) is 11.8. The van der Waals surface area contributed by atoms with E-state index in [2.05, 4.69) is 143 Å². The zero-order valence-corrected chi connectivity index (χ0v) is 35.1. The van der Waals surface area contributed by atoms with Crippen LogP contribution in [0.25, 0.3) is 55.6 Å². The summed E-state index contributed by atoms with van der Waals surface area (Å²) in [7, 11) is 8.42. The fourth-order valence-electron chi connectivity index (χ4n) is 7.49. The van der Waals surface area contributed by atoms with Gasteiger partial charge in [-0.1, -0.05) is 97.5 Å². The fraction of sp³-hybridized carbons (Fsp3) is 0.191. The molecular formula is C47H48GeIrN2O-2. The molecule has 0 unspecified atom stereocenters. The van der Waals surface area contributed by atoms with Crippen molar-refractivity contribution in [2.75, 3.05) is 0 Å². The molecule has 1 saturated carbocycles. The van der Waals surface area contributed by atoms with Crippen molar-refractivity contribution in [2.45, 2.75) is 49.4 Å². The Morgan fingerprint density at radius 2 is 1.37 bits per heavy atom. The zero-order chi connectivity index (χ0) is 35.7. The van der Waals surface area contributed by atoms with E-state index >= 15 is 0 Å². The van der Waals surface area contributed by atoms with Crippen LogP contribution in [0.4, 0.5) is 0 Å². The maximum Gasteiger partial charge on any atom is 0 e. The first-order valence-electron chi connectivity index (χ1n) is 18.1. The third kappa shape index (κ3) is 7.71. The molecule has 0 atom stereocenters. The molecule has 3 heterocycles. The molecule has 267 valence electrons. The molecule has 0 bridgehead atoms. The van der Waals surface area contributed by atoms with E-state index in [9.17, 15) is 0 Å². The van der Waals surface area contributed by atoms with E-state index in [1.165, 1.54) is 35.6 Å². The Hall–Kier alpha value is -4.35. The first-order chi connectivity index (χ1) is 24.6. The molecule has 5 heteroatoms. The number of fused-ring (bicyclic) bond motifs is 3. The van der Waals surface area contributed by atoms with Gasteiger partial charge in [-0.3, -0.25) is 0 Å². The minimum atomic E-state index is -1.78. The molecule has 1 radical (unpaired) electrons. The molecule has 7 aromatic rings. The minimum Gasteiger partial charge on any atom is 0 e. The summed E-state index contributed by atoms with van der Waals surface area (Å²) >= 11 is -1.78. The Balaban J connectivity index is 0.000000208. The van der Waals surface area contributed by atoms with Gasteiger partial charge in [0.05, 0.1) is 17.5 Å². The van der Waals surface area contributed by atoms with Crippen LogP contribution >= 0.6 is 0 Å². The molecule has 0 spiro atoms. The molecular weight excluding hydrogens is 873 g/mol. The Morgan fingerprint density at radius 1 is 0.673 bits per heavy atom. The molecule has 0 amide bonds. The van der Waals surface area contributed by atoms with Gasteiger partial charge in [-0.2, -0.15) is 18.6 Å². The fourth-order valence-corrected chi connectivity index (χ4v) is 9.86. The van der Waals surface area contributed by atoms with E-state index in [0.717, 1.165) is 79.0 Å². The average molecular weight is 922 g/mol. The van der Waals surface area contributed by atoms with Crippen molar-refractivity contribution in [1.82, 2.24) is 0 Å². The summed E-state index contributed by atoms with van der Waals surface area (Å²) in [6.07, 6.45) is 10.8. The maximum atomic E-state index is 6.65. The number of rotatable bonds is 6. The number of hydrogen-bond donors (Lipinski definition) is 0. The SMILES string of the molecule is [CH2-]c1ccc2c(oc3c(-c4ccccc4)cccc32)c1-c1cc(CC2CCCC2)cc[n+]1[CH2-].[CH2-]c1ccccc1-c1cc[c]([Ge]([CH3])([CH3])[CH3])c[n+]1[CH2-].[Ir].